The summed E-state index contributed by atoms with van der Waals surface area (Å²) in [5.41, 5.74) is 0. The van der Waals surface area contributed by atoms with Crippen molar-refractivity contribution in [2.24, 2.45) is 0 Å². The number of hydrogen-bond donors (Lipinski definition) is 2. The highest BCUT2D eigenvalue weighted by Crippen LogP contribution is 2.46. The lowest BCUT2D eigenvalue weighted by atomic mass is 10.3. The van der Waals surface area contributed by atoms with Gasteiger partial charge in [-0.3, -0.25) is 0 Å². The Morgan fingerprint density at radius 2 is 1.88 bits per heavy atom. The molecule has 1 unspecified atom stereocenters. The van der Waals surface area contributed by atoms with E-state index in [0.717, 1.165) is 4.47 Å². The van der Waals surface area contributed by atoms with Gasteiger partial charge in [-0.05, 0) is 37.8 Å². The second-order valence-corrected chi connectivity index (χ2v) is 8.29. The summed E-state index contributed by atoms with van der Waals surface area (Å²) in [4.78, 5) is 9.92. The maximum absolute atomic E-state index is 9.92. The van der Waals surface area contributed by atoms with Crippen molar-refractivity contribution in [1.82, 2.24) is 5.09 Å². The number of nitrogens with one attached hydrogen (secondary N) is 1. The summed E-state index contributed by atoms with van der Waals surface area (Å²) < 4.78 is 6.04. The highest BCUT2D eigenvalue weighted by atomic mass is 79.9. The molecule has 0 aromatic heterocycles. The van der Waals surface area contributed by atoms with Crippen LogP contribution in [-0.2, 0) is 11.8 Å². The van der Waals surface area contributed by atoms with E-state index in [1.807, 2.05) is 13.8 Å². The van der Waals surface area contributed by atoms with Crippen LogP contribution >= 0.6 is 45.8 Å². The predicted octanol–water partition coefficient (Wildman–Crippen LogP) is 4.35. The molecule has 2 N–H and O–H groups in total. The summed E-state index contributed by atoms with van der Waals surface area (Å²) >= 11 is 20.1. The van der Waals surface area contributed by atoms with Gasteiger partial charge in [0.15, 0.2) is 5.75 Å². The zero-order chi connectivity index (χ0) is 13.2. The van der Waals surface area contributed by atoms with Crippen LogP contribution in [0.4, 0.5) is 0 Å². The number of halogens is 3. The summed E-state index contributed by atoms with van der Waals surface area (Å²) in [5.74, 6) is 0.190. The van der Waals surface area contributed by atoms with Crippen LogP contribution in [0, 0.1) is 0 Å². The first kappa shape index (κ1) is 15.7. The van der Waals surface area contributed by atoms with Crippen LogP contribution in [0.25, 0.3) is 0 Å². The molecule has 0 spiro atoms. The Kier molecular flexibility index (Phi) is 5.73. The molecule has 1 aromatic rings. The molecule has 0 aliphatic heterocycles. The molecule has 0 saturated carbocycles. The highest BCUT2D eigenvalue weighted by molar-refractivity contribution is 9.10. The lowest BCUT2D eigenvalue weighted by Gasteiger charge is -2.21. The molecule has 0 saturated heterocycles. The van der Waals surface area contributed by atoms with Gasteiger partial charge in [0.1, 0.15) is 0 Å². The molecule has 0 fully saturated rings. The SMILES string of the molecule is CC(C)NP(O)(=S)Oc1c(Cl)cc(Br)cc1Cl. The molecule has 3 nitrogen and oxygen atoms in total. The van der Waals surface area contributed by atoms with E-state index in [4.69, 9.17) is 39.5 Å². The zero-order valence-electron chi connectivity index (χ0n) is 9.08. The third-order valence-corrected chi connectivity index (χ3v) is 4.43. The van der Waals surface area contributed by atoms with Crippen molar-refractivity contribution >= 4 is 57.6 Å². The molecule has 0 radical (unpaired) electrons. The fourth-order valence-electron chi connectivity index (χ4n) is 1.09. The van der Waals surface area contributed by atoms with Gasteiger partial charge in [0.05, 0.1) is 10.0 Å². The Balaban J connectivity index is 2.99. The molecular formula is C9H11BrCl2NO2PS. The van der Waals surface area contributed by atoms with Gasteiger partial charge in [-0.2, -0.15) is 0 Å². The Morgan fingerprint density at radius 1 is 1.41 bits per heavy atom. The van der Waals surface area contributed by atoms with Crippen molar-refractivity contribution in [2.45, 2.75) is 19.9 Å². The van der Waals surface area contributed by atoms with Gasteiger partial charge < -0.3 is 9.42 Å². The summed E-state index contributed by atoms with van der Waals surface area (Å²) in [7, 11) is 0. The van der Waals surface area contributed by atoms with Crippen molar-refractivity contribution in [3.8, 4) is 5.75 Å². The molecule has 96 valence electrons. The van der Waals surface area contributed by atoms with Gasteiger partial charge in [-0.15, -0.1) is 0 Å². The van der Waals surface area contributed by atoms with Crippen LogP contribution in [0.15, 0.2) is 16.6 Å². The molecule has 1 atom stereocenters. The Labute approximate surface area is 124 Å². The third kappa shape index (κ3) is 5.03. The van der Waals surface area contributed by atoms with Crippen molar-refractivity contribution in [2.75, 3.05) is 0 Å². The predicted molar refractivity (Wildman–Crippen MR) is 79.6 cm³/mol. The first-order valence-corrected chi connectivity index (χ1v) is 8.88. The Bertz CT molecular complexity index is 449. The Morgan fingerprint density at radius 3 is 2.29 bits per heavy atom. The molecule has 0 aliphatic rings. The second-order valence-electron chi connectivity index (χ2n) is 3.59. The van der Waals surface area contributed by atoms with Crippen LogP contribution in [0.2, 0.25) is 10.0 Å². The van der Waals surface area contributed by atoms with E-state index in [2.05, 4.69) is 21.0 Å². The molecule has 0 aliphatic carbocycles. The molecule has 1 aromatic carbocycles. The molecular weight excluding hydrogens is 368 g/mol. The van der Waals surface area contributed by atoms with Crippen molar-refractivity contribution in [3.63, 3.8) is 0 Å². The fourth-order valence-corrected chi connectivity index (χ4v) is 4.49. The lowest BCUT2D eigenvalue weighted by molar-refractivity contribution is 0.457. The normalized spacial score (nSPS) is 14.8. The summed E-state index contributed by atoms with van der Waals surface area (Å²) in [6.07, 6.45) is 0. The molecule has 0 bridgehead atoms. The Hall–Kier alpha value is 0.650. The van der Waals surface area contributed by atoms with Crippen molar-refractivity contribution < 1.29 is 9.42 Å². The molecule has 0 amide bonds. The van der Waals surface area contributed by atoms with E-state index < -0.39 is 6.64 Å². The van der Waals surface area contributed by atoms with Crippen LogP contribution in [0.3, 0.4) is 0 Å². The quantitative estimate of drug-likeness (QED) is 0.764. The standard InChI is InChI=1S/C9H11BrCl2NO2PS/c1-5(2)13-16(14,17)15-9-7(11)3-6(10)4-8(9)12/h3-5H,1-2H3,(H2,13,14,17). The van der Waals surface area contributed by atoms with Crippen LogP contribution < -0.4 is 9.61 Å². The summed E-state index contributed by atoms with van der Waals surface area (Å²) in [6.45, 7) is 0.565. The molecule has 1 rings (SSSR count). The lowest BCUT2D eigenvalue weighted by Crippen LogP contribution is -2.21. The zero-order valence-corrected chi connectivity index (χ0v) is 13.9. The van der Waals surface area contributed by atoms with Crippen LogP contribution in [0.1, 0.15) is 13.8 Å². The number of hydrogen-bond acceptors (Lipinski definition) is 2. The second kappa shape index (κ2) is 6.20. The maximum atomic E-state index is 9.92. The summed E-state index contributed by atoms with van der Waals surface area (Å²) in [6, 6.07) is 3.24. The topological polar surface area (TPSA) is 41.5 Å². The minimum Gasteiger partial charge on any atom is -0.430 e. The maximum Gasteiger partial charge on any atom is 0.310 e. The van der Waals surface area contributed by atoms with Gasteiger partial charge in [-0.1, -0.05) is 39.1 Å². The molecule has 0 heterocycles. The van der Waals surface area contributed by atoms with Crippen molar-refractivity contribution in [1.29, 1.82) is 0 Å². The van der Waals surface area contributed by atoms with Crippen molar-refractivity contribution in [3.05, 3.63) is 26.7 Å². The van der Waals surface area contributed by atoms with E-state index in [1.54, 1.807) is 12.1 Å². The smallest absolute Gasteiger partial charge is 0.310 e. The third-order valence-electron chi connectivity index (χ3n) is 1.60. The fraction of sp³-hybridized carbons (Fsp3) is 0.333. The van der Waals surface area contributed by atoms with E-state index in [-0.39, 0.29) is 11.8 Å². The first-order valence-electron chi connectivity index (χ1n) is 4.66. The average molecular weight is 379 g/mol. The van der Waals surface area contributed by atoms with Gasteiger partial charge in [0, 0.05) is 10.5 Å². The number of rotatable bonds is 4. The molecule has 17 heavy (non-hydrogen) atoms. The van der Waals surface area contributed by atoms with Crippen LogP contribution in [0.5, 0.6) is 5.75 Å². The monoisotopic (exact) mass is 377 g/mol. The minimum absolute atomic E-state index is 0.00108. The van der Waals surface area contributed by atoms with E-state index in [1.165, 1.54) is 0 Å². The van der Waals surface area contributed by atoms with Gasteiger partial charge in [0.2, 0.25) is 0 Å². The van der Waals surface area contributed by atoms with Crippen LogP contribution in [-0.4, -0.2) is 10.9 Å². The van der Waals surface area contributed by atoms with E-state index >= 15 is 0 Å². The number of benzene rings is 1. The minimum atomic E-state index is -3.14. The summed E-state index contributed by atoms with van der Waals surface area (Å²) in [5, 5.41) is 3.35. The van der Waals surface area contributed by atoms with Gasteiger partial charge in [-0.25, -0.2) is 5.09 Å². The van der Waals surface area contributed by atoms with Gasteiger partial charge >= 0.3 is 6.64 Å². The van der Waals surface area contributed by atoms with Gasteiger partial charge in [0.25, 0.3) is 0 Å². The van der Waals surface area contributed by atoms with E-state index in [9.17, 15) is 4.89 Å². The highest BCUT2D eigenvalue weighted by Gasteiger charge is 2.20. The average Bonchev–Trinajstić information content (AvgIpc) is 2.09. The molecule has 8 heteroatoms. The van der Waals surface area contributed by atoms with E-state index in [0.29, 0.717) is 10.0 Å². The first-order chi connectivity index (χ1) is 7.71. The largest absolute Gasteiger partial charge is 0.430 e.